The topological polar surface area (TPSA) is 11.3 Å². The van der Waals surface area contributed by atoms with E-state index in [4.69, 9.17) is 4.42 Å². The summed E-state index contributed by atoms with van der Waals surface area (Å²) in [6, 6.07) is 20.6. The molecule has 0 amide bonds. The highest BCUT2D eigenvalue weighted by Gasteiger charge is 2.16. The predicted molar refractivity (Wildman–Crippen MR) is 101 cm³/mol. The number of benzene rings is 2. The molecule has 0 atom stereocenters. The second-order valence-corrected chi connectivity index (χ2v) is 6.67. The summed E-state index contributed by atoms with van der Waals surface area (Å²) in [6.07, 6.45) is 0. The molecular formula is C19H17Br2O+. The van der Waals surface area contributed by atoms with E-state index in [0.29, 0.717) is 0 Å². The van der Waals surface area contributed by atoms with Crippen LogP contribution in [0.1, 0.15) is 13.2 Å². The van der Waals surface area contributed by atoms with E-state index in [2.05, 4.69) is 56.1 Å². The SMILES string of the molecule is C.Cc1cc(-c2ccc(Br)cc2)cc(-c2ccc(Br)cc2)[o+]1. The highest BCUT2D eigenvalue weighted by molar-refractivity contribution is 9.10. The summed E-state index contributed by atoms with van der Waals surface area (Å²) in [7, 11) is 0. The lowest BCUT2D eigenvalue weighted by Gasteiger charge is -2.01. The largest absolute Gasteiger partial charge is 0.360 e. The van der Waals surface area contributed by atoms with Crippen LogP contribution in [0, 0.1) is 6.92 Å². The fourth-order valence-electron chi connectivity index (χ4n) is 2.20. The molecule has 112 valence electrons. The Balaban J connectivity index is 0.00000176. The fourth-order valence-corrected chi connectivity index (χ4v) is 2.73. The average molecular weight is 421 g/mol. The number of aryl methyl sites for hydroxylation is 1. The van der Waals surface area contributed by atoms with Gasteiger partial charge in [-0.25, -0.2) is 4.42 Å². The smallest absolute Gasteiger partial charge is 0.213 e. The lowest BCUT2D eigenvalue weighted by Crippen LogP contribution is -1.84. The predicted octanol–water partition coefficient (Wildman–Crippen LogP) is 7.36. The van der Waals surface area contributed by atoms with Crippen molar-refractivity contribution in [2.75, 3.05) is 0 Å². The van der Waals surface area contributed by atoms with Gasteiger partial charge >= 0.3 is 11.5 Å². The van der Waals surface area contributed by atoms with Crippen molar-refractivity contribution in [2.24, 2.45) is 0 Å². The molecular weight excluding hydrogens is 404 g/mol. The molecule has 0 bridgehead atoms. The summed E-state index contributed by atoms with van der Waals surface area (Å²) in [6.45, 7) is 1.98. The Hall–Kier alpha value is -1.45. The van der Waals surface area contributed by atoms with Crippen molar-refractivity contribution in [2.45, 2.75) is 14.4 Å². The number of hydrogen-bond donors (Lipinski definition) is 0. The third-order valence-electron chi connectivity index (χ3n) is 3.22. The summed E-state index contributed by atoms with van der Waals surface area (Å²) >= 11 is 6.92. The van der Waals surface area contributed by atoms with Gasteiger partial charge in [0.2, 0.25) is 0 Å². The van der Waals surface area contributed by atoms with E-state index in [0.717, 1.165) is 31.6 Å². The van der Waals surface area contributed by atoms with Crippen molar-refractivity contribution in [1.29, 1.82) is 0 Å². The van der Waals surface area contributed by atoms with Crippen LogP contribution in [-0.2, 0) is 0 Å². The molecule has 0 aliphatic rings. The zero-order chi connectivity index (χ0) is 14.8. The zero-order valence-corrected chi connectivity index (χ0v) is 14.6. The molecule has 0 radical (unpaired) electrons. The molecule has 0 aliphatic carbocycles. The molecule has 0 N–H and O–H groups in total. The van der Waals surface area contributed by atoms with Gasteiger partial charge in [-0.05, 0) is 42.0 Å². The van der Waals surface area contributed by atoms with Crippen LogP contribution in [0.4, 0.5) is 0 Å². The molecule has 0 saturated heterocycles. The molecule has 0 spiro atoms. The van der Waals surface area contributed by atoms with E-state index in [1.807, 2.05) is 43.3 Å². The van der Waals surface area contributed by atoms with Crippen LogP contribution in [-0.4, -0.2) is 0 Å². The number of hydrogen-bond acceptors (Lipinski definition) is 0. The van der Waals surface area contributed by atoms with Gasteiger partial charge in [-0.2, -0.15) is 0 Å². The van der Waals surface area contributed by atoms with E-state index < -0.39 is 0 Å². The Morgan fingerprint density at radius 1 is 0.682 bits per heavy atom. The normalized spacial score (nSPS) is 10.1. The van der Waals surface area contributed by atoms with Gasteiger partial charge in [0.1, 0.15) is 0 Å². The fraction of sp³-hybridized carbons (Fsp3) is 0.105. The van der Waals surface area contributed by atoms with Gasteiger partial charge in [-0.15, -0.1) is 0 Å². The van der Waals surface area contributed by atoms with Crippen molar-refractivity contribution in [3.05, 3.63) is 75.4 Å². The van der Waals surface area contributed by atoms with E-state index in [9.17, 15) is 0 Å². The Bertz CT molecular complexity index is 699. The van der Waals surface area contributed by atoms with Crippen LogP contribution < -0.4 is 0 Å². The van der Waals surface area contributed by atoms with E-state index in [-0.39, 0.29) is 7.43 Å². The molecule has 0 unspecified atom stereocenters. The van der Waals surface area contributed by atoms with Gasteiger partial charge < -0.3 is 0 Å². The van der Waals surface area contributed by atoms with Crippen molar-refractivity contribution in [1.82, 2.24) is 0 Å². The second kappa shape index (κ2) is 7.21. The molecule has 0 saturated carbocycles. The molecule has 0 aliphatic heterocycles. The maximum absolute atomic E-state index is 5.86. The molecule has 0 fully saturated rings. The monoisotopic (exact) mass is 419 g/mol. The first kappa shape index (κ1) is 16.9. The Morgan fingerprint density at radius 2 is 1.18 bits per heavy atom. The van der Waals surface area contributed by atoms with Crippen molar-refractivity contribution < 1.29 is 4.42 Å². The lowest BCUT2D eigenvalue weighted by molar-refractivity contribution is 0.532. The second-order valence-electron chi connectivity index (χ2n) is 4.83. The summed E-state index contributed by atoms with van der Waals surface area (Å²) in [5.41, 5.74) is 3.40. The van der Waals surface area contributed by atoms with Crippen LogP contribution in [0.5, 0.6) is 0 Å². The minimum absolute atomic E-state index is 0. The minimum atomic E-state index is 0. The molecule has 22 heavy (non-hydrogen) atoms. The maximum atomic E-state index is 5.86. The molecule has 2 aromatic carbocycles. The lowest BCUT2D eigenvalue weighted by atomic mass is 10.0. The van der Waals surface area contributed by atoms with Gasteiger partial charge in [-0.1, -0.05) is 51.4 Å². The van der Waals surface area contributed by atoms with Gasteiger partial charge in [0, 0.05) is 20.6 Å². The Morgan fingerprint density at radius 3 is 1.73 bits per heavy atom. The van der Waals surface area contributed by atoms with Crippen LogP contribution in [0.2, 0.25) is 0 Å². The van der Waals surface area contributed by atoms with E-state index >= 15 is 0 Å². The van der Waals surface area contributed by atoms with Gasteiger partial charge in [-0.3, -0.25) is 0 Å². The quantitative estimate of drug-likeness (QED) is 0.394. The van der Waals surface area contributed by atoms with Crippen molar-refractivity contribution >= 4 is 31.9 Å². The van der Waals surface area contributed by atoms with Crippen LogP contribution in [0.15, 0.2) is 74.0 Å². The summed E-state index contributed by atoms with van der Waals surface area (Å²) < 4.78 is 8.01. The van der Waals surface area contributed by atoms with Crippen molar-refractivity contribution in [3.63, 3.8) is 0 Å². The molecule has 1 nitrogen and oxygen atoms in total. The summed E-state index contributed by atoms with van der Waals surface area (Å²) in [5.74, 6) is 1.77. The first-order chi connectivity index (χ1) is 10.1. The Labute approximate surface area is 148 Å². The average Bonchev–Trinajstić information content (AvgIpc) is 2.48. The molecule has 3 heteroatoms. The summed E-state index contributed by atoms with van der Waals surface area (Å²) in [4.78, 5) is 0. The van der Waals surface area contributed by atoms with Gasteiger partial charge in [0.15, 0.2) is 0 Å². The molecule has 1 heterocycles. The highest BCUT2D eigenvalue weighted by atomic mass is 79.9. The van der Waals surface area contributed by atoms with Crippen LogP contribution in [0.3, 0.4) is 0 Å². The standard InChI is InChI=1S/C18H13Br2O.CH4/c1-12-10-15(13-2-6-16(19)7-3-13)11-18(21-12)14-4-8-17(20)9-5-14;/h2-11H,1H3;1H4/q+1;. The van der Waals surface area contributed by atoms with Gasteiger partial charge in [0.25, 0.3) is 0 Å². The van der Waals surface area contributed by atoms with Crippen LogP contribution in [0.25, 0.3) is 22.5 Å². The summed E-state index contributed by atoms with van der Waals surface area (Å²) in [5, 5.41) is 0. The van der Waals surface area contributed by atoms with E-state index in [1.165, 1.54) is 5.56 Å². The Kier molecular flexibility index (Phi) is 5.54. The van der Waals surface area contributed by atoms with Crippen molar-refractivity contribution in [3.8, 4) is 22.5 Å². The first-order valence-corrected chi connectivity index (χ1v) is 8.17. The third kappa shape index (κ3) is 3.84. The van der Waals surface area contributed by atoms with Gasteiger partial charge in [0.05, 0.1) is 18.6 Å². The maximum Gasteiger partial charge on any atom is 0.360 e. The molecule has 3 aromatic rings. The number of rotatable bonds is 2. The highest BCUT2D eigenvalue weighted by Crippen LogP contribution is 2.29. The number of halogens is 2. The molecule has 1 aromatic heterocycles. The zero-order valence-electron chi connectivity index (χ0n) is 11.4. The first-order valence-electron chi connectivity index (χ1n) is 6.58. The minimum Gasteiger partial charge on any atom is -0.213 e. The van der Waals surface area contributed by atoms with E-state index in [1.54, 1.807) is 0 Å². The third-order valence-corrected chi connectivity index (χ3v) is 4.28. The van der Waals surface area contributed by atoms with Crippen LogP contribution >= 0.6 is 31.9 Å². The molecule has 3 rings (SSSR count).